The molecule has 1 heterocycles. The number of imide groups is 1. The van der Waals surface area contributed by atoms with E-state index >= 15 is 0 Å². The number of carbonyl (C=O) groups is 3. The van der Waals surface area contributed by atoms with Crippen LogP contribution >= 0.6 is 11.6 Å². The van der Waals surface area contributed by atoms with Gasteiger partial charge in [-0.3, -0.25) is 14.5 Å². The summed E-state index contributed by atoms with van der Waals surface area (Å²) in [5.41, 5.74) is -0.0657. The van der Waals surface area contributed by atoms with E-state index in [0.717, 1.165) is 16.9 Å². The molecule has 2 aliphatic rings. The van der Waals surface area contributed by atoms with E-state index in [-0.39, 0.29) is 30.3 Å². The molecule has 7 heteroatoms. The summed E-state index contributed by atoms with van der Waals surface area (Å²) < 4.78 is 0. The molecule has 0 unspecified atom stereocenters. The molecular formula is C20H26ClN3O3. The molecule has 1 saturated heterocycles. The van der Waals surface area contributed by atoms with E-state index in [0.29, 0.717) is 23.8 Å². The summed E-state index contributed by atoms with van der Waals surface area (Å²) in [7, 11) is 0. The summed E-state index contributed by atoms with van der Waals surface area (Å²) in [6.07, 6.45) is 2.22. The number of urea groups is 1. The van der Waals surface area contributed by atoms with Crippen molar-refractivity contribution in [1.82, 2.24) is 15.5 Å². The van der Waals surface area contributed by atoms with E-state index in [1.165, 1.54) is 0 Å². The summed E-state index contributed by atoms with van der Waals surface area (Å²) in [5, 5.41) is 6.21. The molecule has 0 radical (unpaired) electrons. The van der Waals surface area contributed by atoms with Crippen molar-refractivity contribution >= 4 is 29.4 Å². The van der Waals surface area contributed by atoms with Gasteiger partial charge in [-0.2, -0.15) is 0 Å². The zero-order valence-corrected chi connectivity index (χ0v) is 16.7. The number of nitrogens with zero attached hydrogens (tertiary/aromatic N) is 1. The molecule has 146 valence electrons. The Balaban J connectivity index is 1.64. The summed E-state index contributed by atoms with van der Waals surface area (Å²) in [6, 6.07) is 6.68. The number of halogens is 1. The van der Waals surface area contributed by atoms with E-state index in [2.05, 4.69) is 31.4 Å². The van der Waals surface area contributed by atoms with Gasteiger partial charge in [0, 0.05) is 11.6 Å². The van der Waals surface area contributed by atoms with Gasteiger partial charge < -0.3 is 10.6 Å². The lowest BCUT2D eigenvalue weighted by Gasteiger charge is -2.43. The fourth-order valence-electron chi connectivity index (χ4n) is 4.70. The van der Waals surface area contributed by atoms with Gasteiger partial charge >= 0.3 is 6.03 Å². The van der Waals surface area contributed by atoms with Crippen LogP contribution in [0.15, 0.2) is 24.3 Å². The van der Waals surface area contributed by atoms with Crippen LogP contribution in [0.5, 0.6) is 0 Å². The first kappa shape index (κ1) is 19.7. The molecule has 2 fully saturated rings. The smallest absolute Gasteiger partial charge is 0.325 e. The van der Waals surface area contributed by atoms with Gasteiger partial charge in [0.05, 0.1) is 0 Å². The van der Waals surface area contributed by atoms with Crippen molar-refractivity contribution < 1.29 is 14.4 Å². The van der Waals surface area contributed by atoms with E-state index < -0.39 is 11.6 Å². The molecule has 0 bridgehead atoms. The van der Waals surface area contributed by atoms with Crippen molar-refractivity contribution in [2.75, 3.05) is 6.54 Å². The topological polar surface area (TPSA) is 78.5 Å². The third kappa shape index (κ3) is 4.26. The molecule has 3 rings (SSSR count). The summed E-state index contributed by atoms with van der Waals surface area (Å²) >= 11 is 5.93. The Hall–Kier alpha value is -2.08. The lowest BCUT2D eigenvalue weighted by Crippen LogP contribution is -2.54. The lowest BCUT2D eigenvalue weighted by atomic mass is 9.64. The normalized spacial score (nSPS) is 27.0. The largest absolute Gasteiger partial charge is 0.350 e. The number of hydrogen-bond donors (Lipinski definition) is 2. The third-order valence-corrected chi connectivity index (χ3v) is 5.54. The van der Waals surface area contributed by atoms with Crippen LogP contribution in [-0.4, -0.2) is 34.8 Å². The highest BCUT2D eigenvalue weighted by molar-refractivity contribution is 6.30. The SMILES string of the molecule is C[C@H]1CC(C)(C)C[C@]2(C1)NC(=O)N(CC(=O)NCc1cccc(Cl)c1)C2=O. The molecule has 1 spiro atoms. The molecule has 2 N–H and O–H groups in total. The molecule has 1 aliphatic heterocycles. The van der Waals surface area contributed by atoms with Crippen LogP contribution in [0.3, 0.4) is 0 Å². The van der Waals surface area contributed by atoms with E-state index in [1.54, 1.807) is 18.2 Å². The summed E-state index contributed by atoms with van der Waals surface area (Å²) in [4.78, 5) is 38.8. The number of rotatable bonds is 4. The number of benzene rings is 1. The second-order valence-electron chi connectivity index (χ2n) is 8.66. The minimum atomic E-state index is -0.883. The van der Waals surface area contributed by atoms with E-state index in [4.69, 9.17) is 11.6 Å². The zero-order chi connectivity index (χ0) is 19.8. The quantitative estimate of drug-likeness (QED) is 0.774. The highest BCUT2D eigenvalue weighted by Crippen LogP contribution is 2.46. The first-order chi connectivity index (χ1) is 12.6. The molecule has 1 aromatic rings. The highest BCUT2D eigenvalue weighted by Gasteiger charge is 2.56. The van der Waals surface area contributed by atoms with Crippen molar-refractivity contribution in [1.29, 1.82) is 0 Å². The van der Waals surface area contributed by atoms with Crippen LogP contribution in [0.25, 0.3) is 0 Å². The standard InChI is InChI=1S/C20H26ClN3O3/c1-13-8-19(2,3)12-20(9-13)17(26)24(18(27)23-20)11-16(25)22-10-14-5-4-6-15(21)7-14/h4-7,13H,8-12H2,1-3H3,(H,22,25)(H,23,27)/t13-,20-/m0/s1. The molecule has 27 heavy (non-hydrogen) atoms. The van der Waals surface area contributed by atoms with Crippen LogP contribution in [-0.2, 0) is 16.1 Å². The van der Waals surface area contributed by atoms with Crippen LogP contribution in [0.1, 0.15) is 45.6 Å². The summed E-state index contributed by atoms with van der Waals surface area (Å²) in [6.45, 7) is 6.34. The van der Waals surface area contributed by atoms with Crippen molar-refractivity contribution in [2.45, 2.75) is 52.1 Å². The van der Waals surface area contributed by atoms with Gasteiger partial charge in [0.1, 0.15) is 12.1 Å². The van der Waals surface area contributed by atoms with Crippen LogP contribution in [0, 0.1) is 11.3 Å². The number of carbonyl (C=O) groups excluding carboxylic acids is 3. The van der Waals surface area contributed by atoms with Gasteiger partial charge in [-0.1, -0.05) is 44.5 Å². The Kier molecular flexibility index (Phi) is 5.21. The molecule has 1 aromatic carbocycles. The van der Waals surface area contributed by atoms with Crippen LogP contribution in [0.2, 0.25) is 5.02 Å². The third-order valence-electron chi connectivity index (χ3n) is 5.30. The molecule has 1 saturated carbocycles. The minimum absolute atomic E-state index is 0.0363. The van der Waals surface area contributed by atoms with Crippen molar-refractivity contribution in [2.24, 2.45) is 11.3 Å². The first-order valence-electron chi connectivity index (χ1n) is 9.25. The van der Waals surface area contributed by atoms with Crippen molar-refractivity contribution in [3.8, 4) is 0 Å². The zero-order valence-electron chi connectivity index (χ0n) is 16.0. The fraction of sp³-hybridized carbons (Fsp3) is 0.550. The minimum Gasteiger partial charge on any atom is -0.350 e. The monoisotopic (exact) mass is 391 g/mol. The average molecular weight is 392 g/mol. The Labute approximate surface area is 164 Å². The molecule has 0 aromatic heterocycles. The lowest BCUT2D eigenvalue weighted by molar-refractivity contribution is -0.137. The maximum absolute atomic E-state index is 13.0. The van der Waals surface area contributed by atoms with Crippen molar-refractivity contribution in [3.05, 3.63) is 34.9 Å². The number of amides is 4. The Morgan fingerprint density at radius 3 is 2.74 bits per heavy atom. The second-order valence-corrected chi connectivity index (χ2v) is 9.10. The Morgan fingerprint density at radius 2 is 2.07 bits per heavy atom. The predicted molar refractivity (Wildman–Crippen MR) is 103 cm³/mol. The van der Waals surface area contributed by atoms with Gasteiger partial charge in [0.15, 0.2) is 0 Å². The molecule has 4 amide bonds. The van der Waals surface area contributed by atoms with Gasteiger partial charge in [-0.15, -0.1) is 0 Å². The van der Waals surface area contributed by atoms with Crippen LogP contribution in [0.4, 0.5) is 4.79 Å². The van der Waals surface area contributed by atoms with Gasteiger partial charge in [-0.05, 0) is 48.3 Å². The first-order valence-corrected chi connectivity index (χ1v) is 9.63. The van der Waals surface area contributed by atoms with Crippen molar-refractivity contribution in [3.63, 3.8) is 0 Å². The molecular weight excluding hydrogens is 366 g/mol. The maximum atomic E-state index is 13.0. The van der Waals surface area contributed by atoms with E-state index in [9.17, 15) is 14.4 Å². The maximum Gasteiger partial charge on any atom is 0.325 e. The fourth-order valence-corrected chi connectivity index (χ4v) is 4.91. The number of nitrogens with one attached hydrogen (secondary N) is 2. The molecule has 2 atom stereocenters. The molecule has 6 nitrogen and oxygen atoms in total. The summed E-state index contributed by atoms with van der Waals surface area (Å²) in [5.74, 6) is -0.335. The molecule has 1 aliphatic carbocycles. The number of hydrogen-bond acceptors (Lipinski definition) is 3. The van der Waals surface area contributed by atoms with Gasteiger partial charge in [-0.25, -0.2) is 4.79 Å². The van der Waals surface area contributed by atoms with E-state index in [1.807, 2.05) is 6.07 Å². The Morgan fingerprint density at radius 1 is 1.33 bits per heavy atom. The Bertz CT molecular complexity index is 779. The van der Waals surface area contributed by atoms with Gasteiger partial charge in [0.25, 0.3) is 5.91 Å². The average Bonchev–Trinajstić information content (AvgIpc) is 2.74. The van der Waals surface area contributed by atoms with Gasteiger partial charge in [0.2, 0.25) is 5.91 Å². The highest BCUT2D eigenvalue weighted by atomic mass is 35.5. The van der Waals surface area contributed by atoms with Crippen LogP contribution < -0.4 is 10.6 Å². The predicted octanol–water partition coefficient (Wildman–Crippen LogP) is 3.09. The second kappa shape index (κ2) is 7.15.